The van der Waals surface area contributed by atoms with E-state index in [1.54, 1.807) is 0 Å². The zero-order valence-corrected chi connectivity index (χ0v) is 20.3. The van der Waals surface area contributed by atoms with Crippen molar-refractivity contribution < 1.29 is 33.6 Å². The highest BCUT2D eigenvalue weighted by Crippen LogP contribution is 2.29. The quantitative estimate of drug-likeness (QED) is 0.405. The maximum Gasteiger partial charge on any atom is 0.303 e. The van der Waals surface area contributed by atoms with Crippen molar-refractivity contribution in [2.24, 2.45) is 0 Å². The summed E-state index contributed by atoms with van der Waals surface area (Å²) in [6, 6.07) is 29.0. The third kappa shape index (κ3) is 7.46. The van der Waals surface area contributed by atoms with Gasteiger partial charge in [-0.05, 0) is 16.7 Å². The summed E-state index contributed by atoms with van der Waals surface area (Å²) in [5.74, 6) is -0.483. The smallest absolute Gasteiger partial charge is 0.303 e. The molecule has 0 spiro atoms. The van der Waals surface area contributed by atoms with E-state index in [9.17, 15) is 9.90 Å². The Morgan fingerprint density at radius 3 is 1.69 bits per heavy atom. The van der Waals surface area contributed by atoms with E-state index < -0.39 is 36.7 Å². The normalized spacial score (nSPS) is 23.8. The Morgan fingerprint density at radius 1 is 0.722 bits per heavy atom. The summed E-state index contributed by atoms with van der Waals surface area (Å²) in [7, 11) is 0. The van der Waals surface area contributed by atoms with Gasteiger partial charge in [-0.1, -0.05) is 91.0 Å². The predicted octanol–water partition coefficient (Wildman–Crippen LogP) is 4.02. The highest BCUT2D eigenvalue weighted by Gasteiger charge is 2.49. The Balaban J connectivity index is 1.51. The number of aliphatic hydroxyl groups excluding tert-OH is 1. The minimum Gasteiger partial charge on any atom is -0.457 e. The Labute approximate surface area is 211 Å². The predicted molar refractivity (Wildman–Crippen MR) is 133 cm³/mol. The molecule has 3 aromatic rings. The van der Waals surface area contributed by atoms with E-state index in [0.29, 0.717) is 6.61 Å². The molecular formula is C29H32O7. The largest absolute Gasteiger partial charge is 0.457 e. The monoisotopic (exact) mass is 492 g/mol. The highest BCUT2D eigenvalue weighted by molar-refractivity contribution is 5.66. The molecule has 0 aromatic heterocycles. The molecule has 0 bridgehead atoms. The highest BCUT2D eigenvalue weighted by atomic mass is 16.7. The van der Waals surface area contributed by atoms with Gasteiger partial charge in [0, 0.05) is 6.92 Å². The van der Waals surface area contributed by atoms with Crippen LogP contribution in [0.1, 0.15) is 23.6 Å². The second kappa shape index (κ2) is 13.3. The van der Waals surface area contributed by atoms with Gasteiger partial charge < -0.3 is 28.8 Å². The van der Waals surface area contributed by atoms with Gasteiger partial charge in [-0.3, -0.25) is 4.79 Å². The van der Waals surface area contributed by atoms with Gasteiger partial charge in [0.15, 0.2) is 12.4 Å². The third-order valence-corrected chi connectivity index (χ3v) is 5.88. The summed E-state index contributed by atoms with van der Waals surface area (Å²) in [5, 5.41) is 10.9. The first-order valence-electron chi connectivity index (χ1n) is 12.0. The van der Waals surface area contributed by atoms with Gasteiger partial charge in [-0.2, -0.15) is 0 Å². The molecule has 0 aliphatic carbocycles. The van der Waals surface area contributed by atoms with Crippen molar-refractivity contribution in [1.29, 1.82) is 0 Å². The van der Waals surface area contributed by atoms with Crippen LogP contribution in [0.5, 0.6) is 0 Å². The Hall–Kier alpha value is -3.07. The number of carbonyl (C=O) groups is 1. The van der Waals surface area contributed by atoms with Gasteiger partial charge in [-0.25, -0.2) is 0 Å². The SMILES string of the molecule is CC(=O)O[C@H]1[C@H](OCc2ccccc2)[C@@H](OCc2ccccc2)[C@@H](O)O[C@@H]1COCc1ccccc1. The van der Waals surface area contributed by atoms with Crippen LogP contribution in [0.25, 0.3) is 0 Å². The fraction of sp³-hybridized carbons (Fsp3) is 0.345. The van der Waals surface area contributed by atoms with Gasteiger partial charge in [-0.15, -0.1) is 0 Å². The van der Waals surface area contributed by atoms with Crippen LogP contribution >= 0.6 is 0 Å². The fourth-order valence-corrected chi connectivity index (χ4v) is 4.13. The van der Waals surface area contributed by atoms with E-state index in [4.69, 9.17) is 23.7 Å². The summed E-state index contributed by atoms with van der Waals surface area (Å²) in [6.45, 7) is 2.27. The molecular weight excluding hydrogens is 460 g/mol. The zero-order chi connectivity index (χ0) is 25.2. The Kier molecular flexibility index (Phi) is 9.61. The van der Waals surface area contributed by atoms with E-state index in [2.05, 4.69) is 0 Å². The first-order chi connectivity index (χ1) is 17.6. The van der Waals surface area contributed by atoms with Gasteiger partial charge in [0.2, 0.25) is 0 Å². The molecule has 0 saturated carbocycles. The molecule has 36 heavy (non-hydrogen) atoms. The minimum atomic E-state index is -1.30. The van der Waals surface area contributed by atoms with Gasteiger partial charge in [0.1, 0.15) is 18.3 Å². The van der Waals surface area contributed by atoms with Crippen LogP contribution < -0.4 is 0 Å². The summed E-state index contributed by atoms with van der Waals surface area (Å²) < 4.78 is 29.8. The third-order valence-electron chi connectivity index (χ3n) is 5.88. The topological polar surface area (TPSA) is 83.5 Å². The maximum atomic E-state index is 12.1. The van der Waals surface area contributed by atoms with Crippen LogP contribution in [-0.2, 0) is 48.3 Å². The van der Waals surface area contributed by atoms with E-state index in [0.717, 1.165) is 16.7 Å². The average Bonchev–Trinajstić information content (AvgIpc) is 2.90. The van der Waals surface area contributed by atoms with Crippen molar-refractivity contribution in [2.75, 3.05) is 6.61 Å². The van der Waals surface area contributed by atoms with E-state index in [1.165, 1.54) is 6.92 Å². The van der Waals surface area contributed by atoms with Crippen molar-refractivity contribution in [3.63, 3.8) is 0 Å². The summed E-state index contributed by atoms with van der Waals surface area (Å²) in [5.41, 5.74) is 2.88. The van der Waals surface area contributed by atoms with Gasteiger partial charge in [0.25, 0.3) is 0 Å². The van der Waals surface area contributed by atoms with Crippen molar-refractivity contribution in [2.45, 2.75) is 57.5 Å². The van der Waals surface area contributed by atoms with Crippen molar-refractivity contribution in [1.82, 2.24) is 0 Å². The number of ether oxygens (including phenoxy) is 5. The lowest BCUT2D eigenvalue weighted by Crippen LogP contribution is -2.61. The molecule has 7 heteroatoms. The number of hydrogen-bond acceptors (Lipinski definition) is 7. The standard InChI is InChI=1S/C29H32O7/c1-21(30)35-26-25(20-32-17-22-11-5-2-6-12-22)36-29(31)28(34-19-24-15-9-4-10-16-24)27(26)33-18-23-13-7-3-8-14-23/h2-16,25-29,31H,17-20H2,1H3/t25-,26-,27+,28-,29+/m1/s1. The van der Waals surface area contributed by atoms with Crippen molar-refractivity contribution in [3.05, 3.63) is 108 Å². The first kappa shape index (κ1) is 26.0. The number of benzene rings is 3. The average molecular weight is 493 g/mol. The molecule has 0 amide bonds. The number of carbonyl (C=O) groups excluding carboxylic acids is 1. The second-order valence-corrected chi connectivity index (χ2v) is 8.66. The number of aliphatic hydroxyl groups is 1. The molecule has 1 fully saturated rings. The summed E-state index contributed by atoms with van der Waals surface area (Å²) in [6.07, 6.45) is -4.56. The van der Waals surface area contributed by atoms with E-state index in [-0.39, 0.29) is 19.8 Å². The molecule has 1 aliphatic rings. The zero-order valence-electron chi connectivity index (χ0n) is 20.3. The molecule has 1 saturated heterocycles. The summed E-state index contributed by atoms with van der Waals surface area (Å²) in [4.78, 5) is 12.1. The number of rotatable bonds is 11. The van der Waals surface area contributed by atoms with Gasteiger partial charge >= 0.3 is 5.97 Å². The number of hydrogen-bond donors (Lipinski definition) is 1. The van der Waals surface area contributed by atoms with Crippen LogP contribution in [0.4, 0.5) is 0 Å². The molecule has 190 valence electrons. The van der Waals surface area contributed by atoms with Crippen LogP contribution in [0.3, 0.4) is 0 Å². The Bertz CT molecular complexity index is 1040. The maximum absolute atomic E-state index is 12.1. The Morgan fingerprint density at radius 2 is 1.19 bits per heavy atom. The molecule has 1 aliphatic heterocycles. The van der Waals surface area contributed by atoms with Crippen LogP contribution in [0, 0.1) is 0 Å². The molecule has 0 unspecified atom stereocenters. The first-order valence-corrected chi connectivity index (χ1v) is 12.0. The molecule has 1 heterocycles. The lowest BCUT2D eigenvalue weighted by atomic mass is 9.98. The fourth-order valence-electron chi connectivity index (χ4n) is 4.13. The second-order valence-electron chi connectivity index (χ2n) is 8.66. The van der Waals surface area contributed by atoms with Gasteiger partial charge in [0.05, 0.1) is 26.4 Å². The molecule has 0 radical (unpaired) electrons. The van der Waals surface area contributed by atoms with Crippen LogP contribution in [0.15, 0.2) is 91.0 Å². The van der Waals surface area contributed by atoms with Crippen LogP contribution in [-0.4, -0.2) is 48.4 Å². The lowest BCUT2D eigenvalue weighted by molar-refractivity contribution is -0.311. The summed E-state index contributed by atoms with van der Waals surface area (Å²) >= 11 is 0. The molecule has 5 atom stereocenters. The number of esters is 1. The molecule has 7 nitrogen and oxygen atoms in total. The van der Waals surface area contributed by atoms with Crippen LogP contribution in [0.2, 0.25) is 0 Å². The molecule has 3 aromatic carbocycles. The molecule has 1 N–H and O–H groups in total. The van der Waals surface area contributed by atoms with Crippen molar-refractivity contribution >= 4 is 5.97 Å². The van der Waals surface area contributed by atoms with E-state index >= 15 is 0 Å². The molecule has 4 rings (SSSR count). The van der Waals surface area contributed by atoms with Crippen molar-refractivity contribution in [3.8, 4) is 0 Å². The van der Waals surface area contributed by atoms with E-state index in [1.807, 2.05) is 91.0 Å². The lowest BCUT2D eigenvalue weighted by Gasteiger charge is -2.43. The minimum absolute atomic E-state index is 0.0977.